The third-order valence-electron chi connectivity index (χ3n) is 4.46. The van der Waals surface area contributed by atoms with Crippen molar-refractivity contribution in [1.82, 2.24) is 10.9 Å². The molecular formula is C24H23BrN2O4. The lowest BCUT2D eigenvalue weighted by atomic mass is 10.1. The van der Waals surface area contributed by atoms with Crippen molar-refractivity contribution in [2.75, 3.05) is 6.61 Å². The fraction of sp³-hybridized carbons (Fsp3) is 0.167. The molecule has 31 heavy (non-hydrogen) atoms. The van der Waals surface area contributed by atoms with Gasteiger partial charge in [0.1, 0.15) is 11.5 Å². The molecule has 0 heterocycles. The summed E-state index contributed by atoms with van der Waals surface area (Å²) in [5.41, 5.74) is 7.73. The molecule has 0 aliphatic carbocycles. The molecule has 0 bridgehead atoms. The maximum absolute atomic E-state index is 12.2. The van der Waals surface area contributed by atoms with Crippen LogP contribution in [0.3, 0.4) is 0 Å². The van der Waals surface area contributed by atoms with E-state index in [9.17, 15) is 9.59 Å². The normalized spacial score (nSPS) is 11.3. The van der Waals surface area contributed by atoms with Gasteiger partial charge in [0.05, 0.1) is 0 Å². The number of hydrazine groups is 1. The summed E-state index contributed by atoms with van der Waals surface area (Å²) in [5.74, 6) is 0.207. The Bertz CT molecular complexity index is 1040. The van der Waals surface area contributed by atoms with Crippen molar-refractivity contribution in [2.24, 2.45) is 0 Å². The molecule has 3 rings (SSSR count). The number of hydrogen-bond acceptors (Lipinski definition) is 4. The fourth-order valence-corrected chi connectivity index (χ4v) is 3.28. The van der Waals surface area contributed by atoms with Gasteiger partial charge >= 0.3 is 0 Å². The van der Waals surface area contributed by atoms with Gasteiger partial charge in [-0.2, -0.15) is 0 Å². The standard InChI is InChI=1S/C24H23BrN2O4/c1-16-14-20(25)10-13-22(16)30-15-23(28)26-27-24(29)17(2)31-21-11-8-19(9-12-21)18-6-4-3-5-7-18/h3-14,17H,15H2,1-2H3,(H,26,28)(H,27,29). The van der Waals surface area contributed by atoms with Gasteiger partial charge in [-0.3, -0.25) is 20.4 Å². The van der Waals surface area contributed by atoms with Gasteiger partial charge in [0.15, 0.2) is 12.7 Å². The second-order valence-electron chi connectivity index (χ2n) is 6.89. The van der Waals surface area contributed by atoms with E-state index in [1.54, 1.807) is 25.1 Å². The Balaban J connectivity index is 1.44. The molecule has 1 unspecified atom stereocenters. The number of rotatable bonds is 7. The molecule has 3 aromatic rings. The summed E-state index contributed by atoms with van der Waals surface area (Å²) in [7, 11) is 0. The highest BCUT2D eigenvalue weighted by Crippen LogP contribution is 2.23. The van der Waals surface area contributed by atoms with E-state index in [-0.39, 0.29) is 6.61 Å². The Hall–Kier alpha value is -3.32. The molecule has 0 saturated heterocycles. The summed E-state index contributed by atoms with van der Waals surface area (Å²) in [4.78, 5) is 24.2. The second-order valence-corrected chi connectivity index (χ2v) is 7.80. The van der Waals surface area contributed by atoms with Crippen LogP contribution in [0.25, 0.3) is 11.1 Å². The van der Waals surface area contributed by atoms with Crippen molar-refractivity contribution in [3.8, 4) is 22.6 Å². The summed E-state index contributed by atoms with van der Waals surface area (Å²) in [6.07, 6.45) is -0.794. The molecule has 0 aromatic heterocycles. The minimum Gasteiger partial charge on any atom is -0.483 e. The third kappa shape index (κ3) is 6.58. The average molecular weight is 483 g/mol. The van der Waals surface area contributed by atoms with Gasteiger partial charge in [-0.05, 0) is 60.9 Å². The van der Waals surface area contributed by atoms with Crippen LogP contribution >= 0.6 is 15.9 Å². The van der Waals surface area contributed by atoms with E-state index < -0.39 is 17.9 Å². The van der Waals surface area contributed by atoms with Gasteiger partial charge in [-0.25, -0.2) is 0 Å². The van der Waals surface area contributed by atoms with Crippen LogP contribution in [0.5, 0.6) is 11.5 Å². The van der Waals surface area contributed by atoms with Crippen LogP contribution in [0.2, 0.25) is 0 Å². The third-order valence-corrected chi connectivity index (χ3v) is 4.96. The van der Waals surface area contributed by atoms with Gasteiger partial charge in [0, 0.05) is 4.47 Å². The number of ether oxygens (including phenoxy) is 2. The van der Waals surface area contributed by atoms with Crippen LogP contribution in [0.4, 0.5) is 0 Å². The molecule has 0 fully saturated rings. The Kier molecular flexibility index (Phi) is 7.67. The molecule has 0 aliphatic rings. The van der Waals surface area contributed by atoms with Crippen molar-refractivity contribution in [3.63, 3.8) is 0 Å². The van der Waals surface area contributed by atoms with Crippen molar-refractivity contribution < 1.29 is 19.1 Å². The number of amides is 2. The Morgan fingerprint density at radius 2 is 1.61 bits per heavy atom. The number of carbonyl (C=O) groups excluding carboxylic acids is 2. The molecule has 2 N–H and O–H groups in total. The molecule has 0 spiro atoms. The molecule has 1 atom stereocenters. The van der Waals surface area contributed by atoms with Crippen LogP contribution in [-0.2, 0) is 9.59 Å². The molecule has 3 aromatic carbocycles. The molecule has 0 aliphatic heterocycles. The van der Waals surface area contributed by atoms with Crippen molar-refractivity contribution >= 4 is 27.7 Å². The zero-order chi connectivity index (χ0) is 22.2. The first-order valence-corrected chi connectivity index (χ1v) is 10.5. The van der Waals surface area contributed by atoms with E-state index in [4.69, 9.17) is 9.47 Å². The molecule has 160 valence electrons. The highest BCUT2D eigenvalue weighted by Gasteiger charge is 2.16. The maximum atomic E-state index is 12.2. The van der Waals surface area contributed by atoms with Crippen LogP contribution < -0.4 is 20.3 Å². The SMILES string of the molecule is Cc1cc(Br)ccc1OCC(=O)NNC(=O)C(C)Oc1ccc(-c2ccccc2)cc1. The molecule has 7 heteroatoms. The van der Waals surface area contributed by atoms with Gasteiger partial charge in [0.2, 0.25) is 0 Å². The lowest BCUT2D eigenvalue weighted by Gasteiger charge is -2.16. The Morgan fingerprint density at radius 1 is 0.935 bits per heavy atom. The quantitative estimate of drug-likeness (QED) is 0.488. The number of halogens is 1. The number of hydrogen-bond donors (Lipinski definition) is 2. The van der Waals surface area contributed by atoms with Crippen LogP contribution in [0, 0.1) is 6.92 Å². The smallest absolute Gasteiger partial charge is 0.279 e. The minimum absolute atomic E-state index is 0.223. The number of carbonyl (C=O) groups is 2. The molecule has 2 amide bonds. The van der Waals surface area contributed by atoms with Crippen molar-refractivity contribution in [3.05, 3.63) is 82.8 Å². The summed E-state index contributed by atoms with van der Waals surface area (Å²) in [5, 5.41) is 0. The lowest BCUT2D eigenvalue weighted by molar-refractivity contribution is -0.133. The summed E-state index contributed by atoms with van der Waals surface area (Å²) in [6, 6.07) is 22.9. The van der Waals surface area contributed by atoms with E-state index in [0.29, 0.717) is 11.5 Å². The first-order valence-electron chi connectivity index (χ1n) is 9.72. The zero-order valence-corrected chi connectivity index (χ0v) is 18.8. The van der Waals surface area contributed by atoms with Crippen molar-refractivity contribution in [1.29, 1.82) is 0 Å². The molecule has 0 saturated carbocycles. The minimum atomic E-state index is -0.794. The van der Waals surface area contributed by atoms with E-state index >= 15 is 0 Å². The zero-order valence-electron chi connectivity index (χ0n) is 17.2. The second kappa shape index (κ2) is 10.6. The van der Waals surface area contributed by atoms with Crippen LogP contribution in [0.15, 0.2) is 77.3 Å². The Morgan fingerprint density at radius 3 is 2.29 bits per heavy atom. The van der Waals surface area contributed by atoms with E-state index in [1.165, 1.54) is 0 Å². The molecular weight excluding hydrogens is 460 g/mol. The number of nitrogens with one attached hydrogen (secondary N) is 2. The number of aryl methyl sites for hydroxylation is 1. The Labute approximate surface area is 189 Å². The lowest BCUT2D eigenvalue weighted by Crippen LogP contribution is -2.48. The number of benzene rings is 3. The summed E-state index contributed by atoms with van der Waals surface area (Å²) >= 11 is 3.37. The topological polar surface area (TPSA) is 76.7 Å². The highest BCUT2D eigenvalue weighted by molar-refractivity contribution is 9.10. The predicted molar refractivity (Wildman–Crippen MR) is 123 cm³/mol. The van der Waals surface area contributed by atoms with E-state index in [0.717, 1.165) is 21.2 Å². The largest absolute Gasteiger partial charge is 0.483 e. The average Bonchev–Trinajstić information content (AvgIpc) is 2.78. The van der Waals surface area contributed by atoms with E-state index in [2.05, 4.69) is 26.8 Å². The van der Waals surface area contributed by atoms with Gasteiger partial charge in [-0.15, -0.1) is 0 Å². The highest BCUT2D eigenvalue weighted by atomic mass is 79.9. The summed E-state index contributed by atoms with van der Waals surface area (Å²) < 4.78 is 12.1. The van der Waals surface area contributed by atoms with Gasteiger partial charge in [0.25, 0.3) is 11.8 Å². The first kappa shape index (κ1) is 22.4. The first-order chi connectivity index (χ1) is 14.9. The molecule has 0 radical (unpaired) electrons. The predicted octanol–water partition coefficient (Wildman–Crippen LogP) is 4.42. The van der Waals surface area contributed by atoms with Gasteiger partial charge in [-0.1, -0.05) is 58.4 Å². The van der Waals surface area contributed by atoms with Gasteiger partial charge < -0.3 is 9.47 Å². The fourth-order valence-electron chi connectivity index (χ4n) is 2.80. The van der Waals surface area contributed by atoms with Crippen LogP contribution in [0.1, 0.15) is 12.5 Å². The van der Waals surface area contributed by atoms with E-state index in [1.807, 2.05) is 61.5 Å². The maximum Gasteiger partial charge on any atom is 0.279 e. The van der Waals surface area contributed by atoms with Crippen LogP contribution in [-0.4, -0.2) is 24.5 Å². The van der Waals surface area contributed by atoms with Crippen molar-refractivity contribution in [2.45, 2.75) is 20.0 Å². The monoisotopic (exact) mass is 482 g/mol. The summed E-state index contributed by atoms with van der Waals surface area (Å²) in [6.45, 7) is 3.26. The molecule has 6 nitrogen and oxygen atoms in total.